The molecular weight excluding hydrogens is 260 g/mol. The Morgan fingerprint density at radius 1 is 0.857 bits per heavy atom. The minimum atomic E-state index is 0.611. The molecule has 0 aliphatic heterocycles. The van der Waals surface area contributed by atoms with Gasteiger partial charge in [0.15, 0.2) is 0 Å². The van der Waals surface area contributed by atoms with Gasteiger partial charge in [0.1, 0.15) is 11.5 Å². The van der Waals surface area contributed by atoms with Crippen LogP contribution >= 0.6 is 0 Å². The van der Waals surface area contributed by atoms with Crippen molar-refractivity contribution < 1.29 is 4.74 Å². The molecule has 2 aromatic carbocycles. The predicted octanol–water partition coefficient (Wildman–Crippen LogP) is 4.41. The molecule has 1 aromatic heterocycles. The van der Waals surface area contributed by atoms with E-state index >= 15 is 0 Å². The highest BCUT2D eigenvalue weighted by atomic mass is 16.5. The topological polar surface area (TPSA) is 45.9 Å². The summed E-state index contributed by atoms with van der Waals surface area (Å²) in [5.41, 5.74) is 2.41. The number of pyridine rings is 1. The van der Waals surface area contributed by atoms with E-state index in [9.17, 15) is 0 Å². The van der Waals surface area contributed by atoms with E-state index < -0.39 is 0 Å². The van der Waals surface area contributed by atoms with Crippen molar-refractivity contribution in [3.8, 4) is 28.8 Å². The van der Waals surface area contributed by atoms with Gasteiger partial charge in [0, 0.05) is 11.8 Å². The highest BCUT2D eigenvalue weighted by Crippen LogP contribution is 2.31. The van der Waals surface area contributed by atoms with E-state index in [1.165, 1.54) is 0 Å². The zero-order chi connectivity index (χ0) is 14.5. The summed E-state index contributed by atoms with van der Waals surface area (Å²) in [6.07, 6.45) is 1.76. The van der Waals surface area contributed by atoms with Crippen LogP contribution in [-0.2, 0) is 0 Å². The number of aromatic nitrogens is 1. The first-order valence-corrected chi connectivity index (χ1v) is 6.55. The van der Waals surface area contributed by atoms with E-state index in [0.717, 1.165) is 17.0 Å². The maximum atomic E-state index is 8.81. The molecule has 0 aliphatic carbocycles. The van der Waals surface area contributed by atoms with Crippen molar-refractivity contribution in [2.75, 3.05) is 0 Å². The normalized spacial score (nSPS) is 9.86. The molecule has 0 saturated carbocycles. The fraction of sp³-hybridized carbons (Fsp3) is 0. The molecule has 0 N–H and O–H groups in total. The Balaban J connectivity index is 1.94. The quantitative estimate of drug-likeness (QED) is 0.709. The summed E-state index contributed by atoms with van der Waals surface area (Å²) in [6, 6.07) is 22.7. The SMILES string of the molecule is N#Cc1ccc(Oc2ccccc2-c2ccccn2)cc1. The largest absolute Gasteiger partial charge is 0.457 e. The van der Waals surface area contributed by atoms with Gasteiger partial charge in [0.2, 0.25) is 0 Å². The van der Waals surface area contributed by atoms with Crippen LogP contribution in [-0.4, -0.2) is 4.98 Å². The average Bonchev–Trinajstić information content (AvgIpc) is 2.57. The Morgan fingerprint density at radius 2 is 1.62 bits per heavy atom. The van der Waals surface area contributed by atoms with Crippen LogP contribution in [0.25, 0.3) is 11.3 Å². The Morgan fingerprint density at radius 3 is 2.33 bits per heavy atom. The molecule has 0 radical (unpaired) electrons. The van der Waals surface area contributed by atoms with E-state index in [0.29, 0.717) is 11.3 Å². The number of benzene rings is 2. The molecule has 3 heteroatoms. The lowest BCUT2D eigenvalue weighted by molar-refractivity contribution is 0.484. The van der Waals surface area contributed by atoms with Gasteiger partial charge in [-0.05, 0) is 48.5 Å². The lowest BCUT2D eigenvalue weighted by Crippen LogP contribution is -1.89. The Kier molecular flexibility index (Phi) is 3.62. The van der Waals surface area contributed by atoms with Crippen molar-refractivity contribution in [2.45, 2.75) is 0 Å². The van der Waals surface area contributed by atoms with E-state index in [2.05, 4.69) is 11.1 Å². The highest BCUT2D eigenvalue weighted by Gasteiger charge is 2.07. The van der Waals surface area contributed by atoms with Crippen molar-refractivity contribution >= 4 is 0 Å². The van der Waals surface area contributed by atoms with Crippen molar-refractivity contribution in [3.63, 3.8) is 0 Å². The number of nitriles is 1. The molecule has 1 heterocycles. The molecule has 0 fully saturated rings. The second-order valence-electron chi connectivity index (χ2n) is 4.45. The maximum Gasteiger partial charge on any atom is 0.136 e. The molecule has 3 nitrogen and oxygen atoms in total. The van der Waals surface area contributed by atoms with Crippen LogP contribution in [0.15, 0.2) is 72.9 Å². The maximum absolute atomic E-state index is 8.81. The summed E-state index contributed by atoms with van der Waals surface area (Å²) in [7, 11) is 0. The van der Waals surface area contributed by atoms with Gasteiger partial charge in [-0.2, -0.15) is 5.26 Å². The highest BCUT2D eigenvalue weighted by molar-refractivity contribution is 5.67. The number of rotatable bonds is 3. The number of para-hydroxylation sites is 1. The predicted molar refractivity (Wildman–Crippen MR) is 80.9 cm³/mol. The second-order valence-corrected chi connectivity index (χ2v) is 4.45. The third kappa shape index (κ3) is 2.90. The van der Waals surface area contributed by atoms with E-state index in [-0.39, 0.29) is 0 Å². The van der Waals surface area contributed by atoms with Crippen LogP contribution < -0.4 is 4.74 Å². The lowest BCUT2D eigenvalue weighted by Gasteiger charge is -2.10. The van der Waals surface area contributed by atoms with E-state index in [1.54, 1.807) is 30.5 Å². The molecule has 3 aromatic rings. The fourth-order valence-corrected chi connectivity index (χ4v) is 2.01. The summed E-state index contributed by atoms with van der Waals surface area (Å²) in [5, 5.41) is 8.81. The van der Waals surface area contributed by atoms with Gasteiger partial charge in [-0.3, -0.25) is 4.98 Å². The molecular formula is C18H12N2O. The molecule has 0 atom stereocenters. The van der Waals surface area contributed by atoms with Gasteiger partial charge < -0.3 is 4.74 Å². The van der Waals surface area contributed by atoms with Crippen LogP contribution in [0.4, 0.5) is 0 Å². The zero-order valence-corrected chi connectivity index (χ0v) is 11.2. The number of hydrogen-bond acceptors (Lipinski definition) is 3. The smallest absolute Gasteiger partial charge is 0.136 e. The minimum absolute atomic E-state index is 0.611. The Hall–Kier alpha value is -3.12. The lowest BCUT2D eigenvalue weighted by atomic mass is 10.1. The van der Waals surface area contributed by atoms with E-state index in [1.807, 2.05) is 42.5 Å². The van der Waals surface area contributed by atoms with Gasteiger partial charge in [0.05, 0.1) is 17.3 Å². The molecule has 21 heavy (non-hydrogen) atoms. The summed E-state index contributed by atoms with van der Waals surface area (Å²) in [5.74, 6) is 1.43. The van der Waals surface area contributed by atoms with Gasteiger partial charge in [0.25, 0.3) is 0 Å². The summed E-state index contributed by atoms with van der Waals surface area (Å²) < 4.78 is 5.91. The third-order valence-corrected chi connectivity index (χ3v) is 3.04. The Bertz CT molecular complexity index is 774. The van der Waals surface area contributed by atoms with Crippen LogP contribution in [0.5, 0.6) is 11.5 Å². The van der Waals surface area contributed by atoms with Crippen LogP contribution in [0.1, 0.15) is 5.56 Å². The monoisotopic (exact) mass is 272 g/mol. The third-order valence-electron chi connectivity index (χ3n) is 3.04. The molecule has 0 aliphatic rings. The molecule has 0 bridgehead atoms. The fourth-order valence-electron chi connectivity index (χ4n) is 2.01. The van der Waals surface area contributed by atoms with Crippen molar-refractivity contribution in [2.24, 2.45) is 0 Å². The van der Waals surface area contributed by atoms with Crippen LogP contribution in [0.3, 0.4) is 0 Å². The standard InChI is InChI=1S/C18H12N2O/c19-13-14-8-10-15(11-9-14)21-18-7-2-1-5-16(18)17-6-3-4-12-20-17/h1-12H. The van der Waals surface area contributed by atoms with Gasteiger partial charge >= 0.3 is 0 Å². The molecule has 0 saturated heterocycles. The molecule has 0 spiro atoms. The first-order valence-electron chi connectivity index (χ1n) is 6.55. The molecule has 3 rings (SSSR count). The summed E-state index contributed by atoms with van der Waals surface area (Å²) >= 11 is 0. The molecule has 0 unspecified atom stereocenters. The van der Waals surface area contributed by atoms with E-state index in [4.69, 9.17) is 10.00 Å². The minimum Gasteiger partial charge on any atom is -0.457 e. The van der Waals surface area contributed by atoms with Gasteiger partial charge in [-0.15, -0.1) is 0 Å². The van der Waals surface area contributed by atoms with Crippen LogP contribution in [0, 0.1) is 11.3 Å². The summed E-state index contributed by atoms with van der Waals surface area (Å²) in [6.45, 7) is 0. The number of nitrogens with zero attached hydrogens (tertiary/aromatic N) is 2. The second kappa shape index (κ2) is 5.89. The van der Waals surface area contributed by atoms with Crippen molar-refractivity contribution in [1.82, 2.24) is 4.98 Å². The number of ether oxygens (including phenoxy) is 1. The Labute approximate surface area is 123 Å². The number of hydrogen-bond donors (Lipinski definition) is 0. The van der Waals surface area contributed by atoms with Gasteiger partial charge in [-0.25, -0.2) is 0 Å². The zero-order valence-electron chi connectivity index (χ0n) is 11.2. The van der Waals surface area contributed by atoms with Gasteiger partial charge in [-0.1, -0.05) is 18.2 Å². The first kappa shape index (κ1) is 12.9. The van der Waals surface area contributed by atoms with Crippen molar-refractivity contribution in [1.29, 1.82) is 5.26 Å². The molecule has 100 valence electrons. The summed E-state index contributed by atoms with van der Waals surface area (Å²) in [4.78, 5) is 4.36. The molecule has 0 amide bonds. The average molecular weight is 272 g/mol. The first-order chi connectivity index (χ1) is 10.4. The van der Waals surface area contributed by atoms with Crippen LogP contribution in [0.2, 0.25) is 0 Å². The van der Waals surface area contributed by atoms with Crippen molar-refractivity contribution in [3.05, 3.63) is 78.5 Å².